The summed E-state index contributed by atoms with van der Waals surface area (Å²) >= 11 is 0. The monoisotopic (exact) mass is 549 g/mol. The average molecular weight is 549 g/mol. The number of unbranched alkanes of at least 4 members (excludes halogenated alkanes) is 1. The predicted octanol–water partition coefficient (Wildman–Crippen LogP) is 5.52. The lowest BCUT2D eigenvalue weighted by Crippen LogP contribution is -2.76. The van der Waals surface area contributed by atoms with E-state index in [1.807, 2.05) is 0 Å². The van der Waals surface area contributed by atoms with Gasteiger partial charge in [-0.2, -0.15) is 65.9 Å². The van der Waals surface area contributed by atoms with E-state index in [0.29, 0.717) is 0 Å². The zero-order valence-corrected chi connectivity index (χ0v) is 16.0. The second-order valence-corrected chi connectivity index (χ2v) is 6.15. The molecule has 0 radical (unpaired) electrons. The fourth-order valence-corrected chi connectivity index (χ4v) is 2.09. The molecule has 0 fully saturated rings. The molecule has 4 nitrogen and oxygen atoms in total. The Hall–Kier alpha value is -1.80. The van der Waals surface area contributed by atoms with Crippen molar-refractivity contribution in [2.24, 2.45) is 0 Å². The number of carbonyl (C=O) groups excluding carboxylic acids is 1. The van der Waals surface area contributed by atoms with E-state index in [0.717, 1.165) is 5.32 Å². The Kier molecular flexibility index (Phi) is 9.52. The highest BCUT2D eigenvalue weighted by Gasteiger charge is 2.83. The molecule has 0 aromatic carbocycles. The van der Waals surface area contributed by atoms with Crippen LogP contribution < -0.4 is 5.32 Å². The Morgan fingerprint density at radius 1 is 0.765 bits per heavy atom. The van der Waals surface area contributed by atoms with E-state index < -0.39 is 71.6 Å². The van der Waals surface area contributed by atoms with Gasteiger partial charge < -0.3 is 5.32 Å². The summed E-state index contributed by atoms with van der Waals surface area (Å²) in [5, 5.41) is 0.918. The van der Waals surface area contributed by atoms with Gasteiger partial charge in [-0.25, -0.2) is 8.78 Å². The highest BCUT2D eigenvalue weighted by Crippen LogP contribution is 2.54. The van der Waals surface area contributed by atoms with Crippen LogP contribution in [0.1, 0.15) is 19.8 Å². The van der Waals surface area contributed by atoms with Gasteiger partial charge in [-0.3, -0.25) is 4.79 Å². The van der Waals surface area contributed by atoms with Gasteiger partial charge in [-0.15, -0.1) is 4.90 Å². The zero-order chi connectivity index (χ0) is 27.7. The number of nitrogens with zero attached hydrogens (tertiary/aromatic N) is 2. The summed E-state index contributed by atoms with van der Waals surface area (Å²) in [4.78, 5) is 2.87. The molecule has 0 aliphatic rings. The Labute approximate surface area is 177 Å². The van der Waals surface area contributed by atoms with Gasteiger partial charge in [0.05, 0.1) is 0 Å². The molecule has 0 heterocycles. The molecule has 0 bridgehead atoms. The minimum absolute atomic E-state index is 0.0708. The molecule has 204 valence electrons. The third kappa shape index (κ3) is 5.70. The average Bonchev–Trinajstić information content (AvgIpc) is 2.58. The Bertz CT molecular complexity index is 693. The van der Waals surface area contributed by atoms with Crippen LogP contribution >= 0.6 is 0 Å². The van der Waals surface area contributed by atoms with Crippen molar-refractivity contribution in [3.8, 4) is 0 Å². The molecule has 0 aromatic rings. The van der Waals surface area contributed by atoms with Gasteiger partial charge in [0, 0.05) is 6.54 Å². The topological polar surface area (TPSA) is 35.6 Å². The smallest absolute Gasteiger partial charge is 0.351 e. The maximum absolute atomic E-state index is 13.9. The quantitative estimate of drug-likeness (QED) is 0.198. The maximum Gasteiger partial charge on any atom is 0.469 e. The van der Waals surface area contributed by atoms with Crippen LogP contribution in [0.15, 0.2) is 0 Å². The minimum atomic E-state index is -8.18. The van der Waals surface area contributed by atoms with Crippen molar-refractivity contribution < 1.29 is 79.4 Å². The second-order valence-electron chi connectivity index (χ2n) is 6.15. The standard InChI is InChI=1S/C13H12F17N3O/c1-2-3-4-31-6(34)8(18,19)10(22,23)32(7(16)17)11(24,25)12(26,27)33(13(28,29)30)9(20,21)5(14)15/h5,7H,2-4H2,1H3,(H,31,34). The second kappa shape index (κ2) is 10.1. The third-order valence-electron chi connectivity index (χ3n) is 3.74. The highest BCUT2D eigenvalue weighted by molar-refractivity contribution is 5.84. The molecular formula is C13H12F17N3O. The zero-order valence-electron chi connectivity index (χ0n) is 16.0. The molecular weight excluding hydrogens is 537 g/mol. The van der Waals surface area contributed by atoms with Gasteiger partial charge in [-0.05, 0) is 6.42 Å². The van der Waals surface area contributed by atoms with E-state index in [1.54, 1.807) is 0 Å². The van der Waals surface area contributed by atoms with E-state index in [1.165, 1.54) is 6.92 Å². The van der Waals surface area contributed by atoms with E-state index in [4.69, 9.17) is 0 Å². The summed E-state index contributed by atoms with van der Waals surface area (Å²) in [5.74, 6) is -10.2. The molecule has 1 N–H and O–H groups in total. The van der Waals surface area contributed by atoms with Crippen molar-refractivity contribution >= 4 is 5.91 Å². The van der Waals surface area contributed by atoms with Gasteiger partial charge in [-0.1, -0.05) is 18.2 Å². The van der Waals surface area contributed by atoms with Crippen molar-refractivity contribution in [1.82, 2.24) is 15.1 Å². The summed E-state index contributed by atoms with van der Waals surface area (Å²) in [5.41, 5.74) is 0. The van der Waals surface area contributed by atoms with E-state index in [9.17, 15) is 79.4 Å². The Morgan fingerprint density at radius 2 is 1.21 bits per heavy atom. The summed E-state index contributed by atoms with van der Waals surface area (Å²) in [6, 6.07) is -31.2. The molecule has 0 saturated heterocycles. The van der Waals surface area contributed by atoms with Crippen LogP contribution in [-0.2, 0) is 4.79 Å². The predicted molar refractivity (Wildman–Crippen MR) is 74.4 cm³/mol. The summed E-state index contributed by atoms with van der Waals surface area (Å²) in [7, 11) is 0. The molecule has 0 aromatic heterocycles. The molecule has 0 aliphatic carbocycles. The van der Waals surface area contributed by atoms with E-state index in [-0.39, 0.29) is 12.8 Å². The lowest BCUT2D eigenvalue weighted by Gasteiger charge is -2.45. The van der Waals surface area contributed by atoms with Gasteiger partial charge >= 0.3 is 49.4 Å². The van der Waals surface area contributed by atoms with Crippen LogP contribution in [0.4, 0.5) is 74.6 Å². The van der Waals surface area contributed by atoms with Crippen LogP contribution in [-0.4, -0.2) is 71.6 Å². The lowest BCUT2D eigenvalue weighted by atomic mass is 10.2. The summed E-state index contributed by atoms with van der Waals surface area (Å²) in [6.07, 6.45) is -13.8. The first-order chi connectivity index (χ1) is 14.9. The van der Waals surface area contributed by atoms with Gasteiger partial charge in [0.1, 0.15) is 0 Å². The van der Waals surface area contributed by atoms with Crippen molar-refractivity contribution in [2.45, 2.75) is 69.1 Å². The molecule has 0 rings (SSSR count). The SMILES string of the molecule is CCCCNC(=O)C(F)(F)C(F)(F)N(C(F)F)C(F)(F)C(F)(F)N(C(F)(F)F)C(F)(F)C(F)F. The van der Waals surface area contributed by atoms with E-state index in [2.05, 4.69) is 0 Å². The fraction of sp³-hybridized carbons (Fsp3) is 0.923. The number of halogens is 17. The summed E-state index contributed by atoms with van der Waals surface area (Å²) < 4.78 is 225. The summed E-state index contributed by atoms with van der Waals surface area (Å²) in [6.45, 7) is -5.59. The van der Waals surface area contributed by atoms with Crippen molar-refractivity contribution in [2.75, 3.05) is 6.54 Å². The molecule has 21 heteroatoms. The molecule has 0 saturated carbocycles. The molecule has 34 heavy (non-hydrogen) atoms. The maximum atomic E-state index is 13.9. The molecule has 0 atom stereocenters. The molecule has 0 aliphatic heterocycles. The number of hydrogen-bond donors (Lipinski definition) is 1. The van der Waals surface area contributed by atoms with Crippen LogP contribution in [0, 0.1) is 0 Å². The van der Waals surface area contributed by atoms with Crippen LogP contribution in [0.5, 0.6) is 0 Å². The van der Waals surface area contributed by atoms with Gasteiger partial charge in [0.25, 0.3) is 5.91 Å². The fourth-order valence-electron chi connectivity index (χ4n) is 2.09. The normalized spacial score (nSPS) is 15.1. The first-order valence-electron chi connectivity index (χ1n) is 8.26. The highest BCUT2D eigenvalue weighted by atomic mass is 19.4. The first kappa shape index (κ1) is 32.2. The number of rotatable bonds is 12. The number of amides is 1. The third-order valence-corrected chi connectivity index (χ3v) is 3.74. The Balaban J connectivity index is 6.82. The molecule has 0 unspecified atom stereocenters. The van der Waals surface area contributed by atoms with E-state index >= 15 is 0 Å². The minimum Gasteiger partial charge on any atom is -0.351 e. The number of hydrogen-bond acceptors (Lipinski definition) is 3. The number of alkyl halides is 17. The van der Waals surface area contributed by atoms with Crippen LogP contribution in [0.2, 0.25) is 0 Å². The Morgan fingerprint density at radius 3 is 1.53 bits per heavy atom. The van der Waals surface area contributed by atoms with Crippen LogP contribution in [0.25, 0.3) is 0 Å². The van der Waals surface area contributed by atoms with Gasteiger partial charge in [0.2, 0.25) is 0 Å². The largest absolute Gasteiger partial charge is 0.469 e. The lowest BCUT2D eigenvalue weighted by molar-refractivity contribution is -0.498. The van der Waals surface area contributed by atoms with Crippen molar-refractivity contribution in [1.29, 1.82) is 0 Å². The van der Waals surface area contributed by atoms with Gasteiger partial charge in [0.15, 0.2) is 0 Å². The van der Waals surface area contributed by atoms with Crippen molar-refractivity contribution in [3.05, 3.63) is 0 Å². The van der Waals surface area contributed by atoms with Crippen LogP contribution in [0.3, 0.4) is 0 Å². The first-order valence-corrected chi connectivity index (χ1v) is 8.26. The van der Waals surface area contributed by atoms with Crippen molar-refractivity contribution in [3.63, 3.8) is 0 Å². The number of carbonyl (C=O) groups is 1. The number of nitrogens with one attached hydrogen (secondary N) is 1. The molecule has 1 amide bonds. The molecule has 0 spiro atoms.